The molecule has 0 saturated carbocycles. The van der Waals surface area contributed by atoms with Gasteiger partial charge in [0.1, 0.15) is 5.82 Å². The van der Waals surface area contributed by atoms with E-state index < -0.39 is 27.5 Å². The molecule has 1 heterocycles. The lowest BCUT2D eigenvalue weighted by Gasteiger charge is -2.10. The lowest BCUT2D eigenvalue weighted by atomic mass is 10.2. The van der Waals surface area contributed by atoms with Crippen LogP contribution in [0.1, 0.15) is 19.8 Å². The van der Waals surface area contributed by atoms with Crippen molar-refractivity contribution in [3.8, 4) is 0 Å². The van der Waals surface area contributed by atoms with Crippen molar-refractivity contribution in [3.05, 3.63) is 47.9 Å². The van der Waals surface area contributed by atoms with E-state index in [1.807, 2.05) is 6.92 Å². The highest BCUT2D eigenvalue weighted by Crippen LogP contribution is 2.23. The van der Waals surface area contributed by atoms with Crippen molar-refractivity contribution in [2.24, 2.45) is 0 Å². The van der Waals surface area contributed by atoms with E-state index in [0.717, 1.165) is 18.6 Å². The van der Waals surface area contributed by atoms with Gasteiger partial charge in [0.25, 0.3) is 0 Å². The van der Waals surface area contributed by atoms with Crippen molar-refractivity contribution in [2.45, 2.75) is 19.8 Å². The van der Waals surface area contributed by atoms with E-state index in [1.54, 1.807) is 0 Å². The van der Waals surface area contributed by atoms with E-state index >= 15 is 0 Å². The Bertz CT molecular complexity index is 811. The van der Waals surface area contributed by atoms with Gasteiger partial charge in [-0.2, -0.15) is 0 Å². The van der Waals surface area contributed by atoms with Crippen molar-refractivity contribution >= 4 is 27.2 Å². The maximum absolute atomic E-state index is 13.6. The van der Waals surface area contributed by atoms with Crippen LogP contribution in [0.3, 0.4) is 0 Å². The number of hydrogen-bond acceptors (Lipinski definition) is 4. The molecule has 0 aliphatic carbocycles. The monoisotopic (exact) mass is 359 g/mol. The van der Waals surface area contributed by atoms with Crippen LogP contribution in [0.2, 0.25) is 0 Å². The molecule has 0 radical (unpaired) electrons. The smallest absolute Gasteiger partial charge is 0.233 e. The molecule has 0 bridgehead atoms. The standard InChI is InChI=1S/C15H16F3N3O2S/c1-2-3-8-24(22,23)21-13-7-4-10(9-19-13)20-12-6-5-11(16)14(17)15(12)18/h4-7,9,20H,2-3,8H2,1H3,(H,19,21). The number of hydrogen-bond donors (Lipinski definition) is 2. The minimum absolute atomic E-state index is 0.00868. The SMILES string of the molecule is CCCCS(=O)(=O)Nc1ccc(Nc2ccc(F)c(F)c2F)cn1. The van der Waals surface area contributed by atoms with Crippen LogP contribution >= 0.6 is 0 Å². The summed E-state index contributed by atoms with van der Waals surface area (Å²) in [7, 11) is -3.47. The quantitative estimate of drug-likeness (QED) is 0.738. The molecule has 9 heteroatoms. The lowest BCUT2D eigenvalue weighted by molar-refractivity contribution is 0.449. The lowest BCUT2D eigenvalue weighted by Crippen LogP contribution is -2.17. The van der Waals surface area contributed by atoms with Crippen molar-refractivity contribution in [2.75, 3.05) is 15.8 Å². The molecule has 1 aromatic carbocycles. The molecule has 0 saturated heterocycles. The summed E-state index contributed by atoms with van der Waals surface area (Å²) >= 11 is 0. The van der Waals surface area contributed by atoms with E-state index in [2.05, 4.69) is 15.0 Å². The summed E-state index contributed by atoms with van der Waals surface area (Å²) in [6.45, 7) is 1.88. The third-order valence-corrected chi connectivity index (χ3v) is 4.45. The van der Waals surface area contributed by atoms with Crippen LogP contribution in [0.25, 0.3) is 0 Å². The molecule has 1 aromatic heterocycles. The Morgan fingerprint density at radius 1 is 1.08 bits per heavy atom. The molecule has 0 spiro atoms. The highest BCUT2D eigenvalue weighted by molar-refractivity contribution is 7.92. The minimum Gasteiger partial charge on any atom is -0.352 e. The fourth-order valence-electron chi connectivity index (χ4n) is 1.85. The molecular weight excluding hydrogens is 343 g/mol. The van der Waals surface area contributed by atoms with Gasteiger partial charge in [-0.25, -0.2) is 26.6 Å². The zero-order valence-corrected chi connectivity index (χ0v) is 13.6. The number of nitrogens with one attached hydrogen (secondary N) is 2. The zero-order valence-electron chi connectivity index (χ0n) is 12.8. The number of pyridine rings is 1. The van der Waals surface area contributed by atoms with Crippen LogP contribution < -0.4 is 10.0 Å². The Balaban J connectivity index is 2.09. The molecule has 2 rings (SSSR count). The molecule has 24 heavy (non-hydrogen) atoms. The minimum atomic E-state index is -3.47. The topological polar surface area (TPSA) is 71.1 Å². The van der Waals surface area contributed by atoms with Gasteiger partial charge in [0, 0.05) is 0 Å². The Kier molecular flexibility index (Phi) is 5.66. The summed E-state index contributed by atoms with van der Waals surface area (Å²) < 4.78 is 65.5. The second-order valence-corrected chi connectivity index (χ2v) is 6.90. The molecule has 0 fully saturated rings. The first kappa shape index (κ1) is 18.1. The number of halogens is 3. The first-order valence-electron chi connectivity index (χ1n) is 7.19. The second-order valence-electron chi connectivity index (χ2n) is 5.05. The van der Waals surface area contributed by atoms with Crippen LogP contribution in [0.15, 0.2) is 30.5 Å². The Hall–Kier alpha value is -2.29. The molecule has 0 unspecified atom stereocenters. The van der Waals surface area contributed by atoms with E-state index in [9.17, 15) is 21.6 Å². The number of aromatic nitrogens is 1. The number of rotatable bonds is 7. The molecule has 0 aliphatic rings. The summed E-state index contributed by atoms with van der Waals surface area (Å²) in [5.74, 6) is -4.10. The number of nitrogens with zero attached hydrogens (tertiary/aromatic N) is 1. The van der Waals surface area contributed by atoms with E-state index in [0.29, 0.717) is 6.42 Å². The molecule has 2 N–H and O–H groups in total. The molecule has 0 amide bonds. The van der Waals surface area contributed by atoms with Gasteiger partial charge in [-0.1, -0.05) is 13.3 Å². The number of anilines is 3. The van der Waals surface area contributed by atoms with Gasteiger partial charge in [-0.05, 0) is 30.7 Å². The van der Waals surface area contributed by atoms with Gasteiger partial charge >= 0.3 is 0 Å². The first-order chi connectivity index (χ1) is 11.3. The highest BCUT2D eigenvalue weighted by Gasteiger charge is 2.14. The molecule has 5 nitrogen and oxygen atoms in total. The molecular formula is C15H16F3N3O2S. The largest absolute Gasteiger partial charge is 0.352 e. The normalized spacial score (nSPS) is 11.3. The van der Waals surface area contributed by atoms with E-state index in [1.165, 1.54) is 18.3 Å². The van der Waals surface area contributed by atoms with Crippen LogP contribution in [0.5, 0.6) is 0 Å². The van der Waals surface area contributed by atoms with Gasteiger partial charge in [0.2, 0.25) is 10.0 Å². The number of unbranched alkanes of at least 4 members (excludes halogenated alkanes) is 1. The highest BCUT2D eigenvalue weighted by atomic mass is 32.2. The fourth-order valence-corrected chi connectivity index (χ4v) is 3.06. The van der Waals surface area contributed by atoms with Crippen molar-refractivity contribution in [1.29, 1.82) is 0 Å². The number of benzene rings is 1. The van der Waals surface area contributed by atoms with Gasteiger partial charge in [-0.3, -0.25) is 4.72 Å². The van der Waals surface area contributed by atoms with Crippen molar-refractivity contribution < 1.29 is 21.6 Å². The van der Waals surface area contributed by atoms with Crippen LogP contribution in [0, 0.1) is 17.5 Å². The summed E-state index contributed by atoms with van der Waals surface area (Å²) in [5, 5.41) is 2.54. The predicted molar refractivity (Wildman–Crippen MR) is 86.2 cm³/mol. The summed E-state index contributed by atoms with van der Waals surface area (Å²) in [6.07, 6.45) is 2.53. The van der Waals surface area contributed by atoms with Crippen molar-refractivity contribution in [1.82, 2.24) is 4.98 Å². The summed E-state index contributed by atoms with van der Waals surface area (Å²) in [6, 6.07) is 4.66. The fraction of sp³-hybridized carbons (Fsp3) is 0.267. The van der Waals surface area contributed by atoms with Gasteiger partial charge < -0.3 is 5.32 Å². The first-order valence-corrected chi connectivity index (χ1v) is 8.84. The third kappa shape index (κ3) is 4.60. The molecule has 0 atom stereocenters. The second kappa shape index (κ2) is 7.52. The Labute approximate surface area is 138 Å². The van der Waals surface area contributed by atoms with Crippen LogP contribution in [0.4, 0.5) is 30.4 Å². The summed E-state index contributed by atoms with van der Waals surface area (Å²) in [5.41, 5.74) is 0.0309. The van der Waals surface area contributed by atoms with Gasteiger partial charge in [0.05, 0.1) is 23.3 Å². The van der Waals surface area contributed by atoms with Crippen LogP contribution in [-0.2, 0) is 10.0 Å². The average Bonchev–Trinajstić information content (AvgIpc) is 2.55. The predicted octanol–water partition coefficient (Wildman–Crippen LogP) is 3.78. The third-order valence-electron chi connectivity index (χ3n) is 3.10. The maximum Gasteiger partial charge on any atom is 0.233 e. The van der Waals surface area contributed by atoms with E-state index in [4.69, 9.17) is 0 Å². The van der Waals surface area contributed by atoms with E-state index in [-0.39, 0.29) is 22.9 Å². The van der Waals surface area contributed by atoms with Gasteiger partial charge in [0.15, 0.2) is 17.5 Å². The van der Waals surface area contributed by atoms with Gasteiger partial charge in [-0.15, -0.1) is 0 Å². The Morgan fingerprint density at radius 2 is 1.83 bits per heavy atom. The van der Waals surface area contributed by atoms with Crippen molar-refractivity contribution in [3.63, 3.8) is 0 Å². The zero-order chi connectivity index (χ0) is 17.7. The van der Waals surface area contributed by atoms with Crippen LogP contribution in [-0.4, -0.2) is 19.2 Å². The molecule has 0 aliphatic heterocycles. The molecule has 2 aromatic rings. The molecule has 130 valence electrons. The summed E-state index contributed by atoms with van der Waals surface area (Å²) in [4.78, 5) is 3.89. The Morgan fingerprint density at radius 3 is 2.46 bits per heavy atom. The average molecular weight is 359 g/mol. The number of sulfonamides is 1. The maximum atomic E-state index is 13.6.